The van der Waals surface area contributed by atoms with Crippen LogP contribution in [0.5, 0.6) is 0 Å². The van der Waals surface area contributed by atoms with E-state index in [1.165, 1.54) is 19.3 Å². The van der Waals surface area contributed by atoms with Gasteiger partial charge in [0.2, 0.25) is 0 Å². The molecule has 0 fully saturated rings. The maximum absolute atomic E-state index is 10.4. The molecule has 0 aliphatic rings. The van der Waals surface area contributed by atoms with Gasteiger partial charge in [-0.3, -0.25) is 4.79 Å². The molecule has 1 rings (SSSR count). The standard InChI is InChI=1S/C7H8ClN3O2/c1-4(7(12)13)11-6-2-5(8)9-3-10-6/h2-4H,1H3,(H,12,13)(H,9,10,11)/t4-/m0/s1. The molecule has 1 aromatic heterocycles. The van der Waals surface area contributed by atoms with Crippen molar-refractivity contribution in [2.24, 2.45) is 0 Å². The summed E-state index contributed by atoms with van der Waals surface area (Å²) >= 11 is 5.57. The van der Waals surface area contributed by atoms with Crippen LogP contribution in [0.4, 0.5) is 5.82 Å². The molecule has 0 amide bonds. The first-order chi connectivity index (χ1) is 6.09. The molecule has 0 aliphatic carbocycles. The first-order valence-corrected chi connectivity index (χ1v) is 3.94. The molecule has 1 atom stereocenters. The SMILES string of the molecule is C[C@H](Nc1cc(Cl)ncn1)C(=O)O. The highest BCUT2D eigenvalue weighted by molar-refractivity contribution is 6.29. The highest BCUT2D eigenvalue weighted by Gasteiger charge is 2.10. The van der Waals surface area contributed by atoms with Crippen molar-refractivity contribution in [2.45, 2.75) is 13.0 Å². The predicted octanol–water partition coefficient (Wildman–Crippen LogP) is 1.01. The summed E-state index contributed by atoms with van der Waals surface area (Å²) in [6.07, 6.45) is 1.26. The minimum Gasteiger partial charge on any atom is -0.480 e. The first kappa shape index (κ1) is 9.73. The van der Waals surface area contributed by atoms with Crippen molar-refractivity contribution >= 4 is 23.4 Å². The minimum atomic E-state index is -0.949. The molecule has 0 saturated heterocycles. The van der Waals surface area contributed by atoms with E-state index < -0.39 is 12.0 Å². The smallest absolute Gasteiger partial charge is 0.325 e. The third-order valence-electron chi connectivity index (χ3n) is 1.37. The largest absolute Gasteiger partial charge is 0.480 e. The van der Waals surface area contributed by atoms with Crippen molar-refractivity contribution < 1.29 is 9.90 Å². The van der Waals surface area contributed by atoms with Gasteiger partial charge < -0.3 is 10.4 Å². The molecule has 1 aromatic rings. The topological polar surface area (TPSA) is 75.1 Å². The van der Waals surface area contributed by atoms with Crippen LogP contribution >= 0.6 is 11.6 Å². The van der Waals surface area contributed by atoms with Gasteiger partial charge in [-0.15, -0.1) is 0 Å². The van der Waals surface area contributed by atoms with E-state index in [1.54, 1.807) is 0 Å². The van der Waals surface area contributed by atoms with Crippen molar-refractivity contribution in [1.29, 1.82) is 0 Å². The summed E-state index contributed by atoms with van der Waals surface area (Å²) in [5.74, 6) is -0.551. The molecule has 6 heteroatoms. The Hall–Kier alpha value is -1.36. The quantitative estimate of drug-likeness (QED) is 0.714. The number of rotatable bonds is 3. The molecule has 2 N–H and O–H groups in total. The van der Waals surface area contributed by atoms with Crippen molar-refractivity contribution in [3.63, 3.8) is 0 Å². The molecule has 5 nitrogen and oxygen atoms in total. The summed E-state index contributed by atoms with van der Waals surface area (Å²) < 4.78 is 0. The molecule has 13 heavy (non-hydrogen) atoms. The second kappa shape index (κ2) is 4.04. The lowest BCUT2D eigenvalue weighted by molar-refractivity contribution is -0.137. The molecular formula is C7H8ClN3O2. The molecule has 70 valence electrons. The van der Waals surface area contributed by atoms with Gasteiger partial charge in [-0.25, -0.2) is 9.97 Å². The van der Waals surface area contributed by atoms with Gasteiger partial charge in [-0.05, 0) is 6.92 Å². The van der Waals surface area contributed by atoms with E-state index in [-0.39, 0.29) is 5.15 Å². The molecule has 0 spiro atoms. The Bertz CT molecular complexity index is 318. The lowest BCUT2D eigenvalue weighted by Gasteiger charge is -2.08. The highest BCUT2D eigenvalue weighted by atomic mass is 35.5. The zero-order valence-electron chi connectivity index (χ0n) is 6.86. The third-order valence-corrected chi connectivity index (χ3v) is 1.58. The number of aromatic nitrogens is 2. The second-order valence-electron chi connectivity index (χ2n) is 2.43. The van der Waals surface area contributed by atoms with Gasteiger partial charge >= 0.3 is 5.97 Å². The number of hydrogen-bond donors (Lipinski definition) is 2. The summed E-state index contributed by atoms with van der Waals surface area (Å²) in [4.78, 5) is 17.9. The van der Waals surface area contributed by atoms with Gasteiger partial charge in [0.15, 0.2) is 0 Å². The number of carboxylic acid groups (broad SMARTS) is 1. The summed E-state index contributed by atoms with van der Waals surface area (Å²) in [5.41, 5.74) is 0. The lowest BCUT2D eigenvalue weighted by atomic mass is 10.3. The van der Waals surface area contributed by atoms with Crippen LogP contribution in [-0.2, 0) is 4.79 Å². The minimum absolute atomic E-state index is 0.273. The van der Waals surface area contributed by atoms with Gasteiger partial charge in [-0.2, -0.15) is 0 Å². The molecule has 0 aromatic carbocycles. The summed E-state index contributed by atoms with van der Waals surface area (Å²) in [6.45, 7) is 1.51. The maximum Gasteiger partial charge on any atom is 0.325 e. The van der Waals surface area contributed by atoms with Crippen molar-refractivity contribution in [2.75, 3.05) is 5.32 Å². The highest BCUT2D eigenvalue weighted by Crippen LogP contribution is 2.09. The average Bonchev–Trinajstić information content (AvgIpc) is 2.04. The van der Waals surface area contributed by atoms with Crippen LogP contribution in [-0.4, -0.2) is 27.1 Å². The molecule has 1 heterocycles. The predicted molar refractivity (Wildman–Crippen MR) is 47.8 cm³/mol. The Labute approximate surface area is 79.8 Å². The van der Waals surface area contributed by atoms with Crippen molar-refractivity contribution in [3.8, 4) is 0 Å². The van der Waals surface area contributed by atoms with Crippen LogP contribution in [0.1, 0.15) is 6.92 Å². The molecule has 0 bridgehead atoms. The Balaban J connectivity index is 2.69. The van der Waals surface area contributed by atoms with Gasteiger partial charge in [-0.1, -0.05) is 11.6 Å². The third kappa shape index (κ3) is 2.87. The Morgan fingerprint density at radius 2 is 2.38 bits per heavy atom. The van der Waals surface area contributed by atoms with E-state index in [0.717, 1.165) is 0 Å². The van der Waals surface area contributed by atoms with Crippen molar-refractivity contribution in [3.05, 3.63) is 17.5 Å². The van der Waals surface area contributed by atoms with E-state index in [9.17, 15) is 4.79 Å². The number of carboxylic acids is 1. The fraction of sp³-hybridized carbons (Fsp3) is 0.286. The van der Waals surface area contributed by atoms with E-state index in [1.807, 2.05) is 0 Å². The number of halogens is 1. The van der Waals surface area contributed by atoms with Crippen LogP contribution in [0.2, 0.25) is 5.15 Å². The van der Waals surface area contributed by atoms with E-state index in [2.05, 4.69) is 15.3 Å². The Kier molecular flexibility index (Phi) is 3.02. The van der Waals surface area contributed by atoms with Gasteiger partial charge in [0.05, 0.1) is 0 Å². The number of nitrogens with zero attached hydrogens (tertiary/aromatic N) is 2. The summed E-state index contributed by atoms with van der Waals surface area (Å²) in [7, 11) is 0. The van der Waals surface area contributed by atoms with Gasteiger partial charge in [0, 0.05) is 6.07 Å². The normalized spacial score (nSPS) is 12.2. The Morgan fingerprint density at radius 1 is 1.69 bits per heavy atom. The van der Waals surface area contributed by atoms with E-state index in [4.69, 9.17) is 16.7 Å². The van der Waals surface area contributed by atoms with Crippen LogP contribution in [0.3, 0.4) is 0 Å². The average molecular weight is 202 g/mol. The Morgan fingerprint density at radius 3 is 2.92 bits per heavy atom. The number of hydrogen-bond acceptors (Lipinski definition) is 4. The van der Waals surface area contributed by atoms with E-state index in [0.29, 0.717) is 5.82 Å². The number of anilines is 1. The van der Waals surface area contributed by atoms with Crippen LogP contribution in [0.15, 0.2) is 12.4 Å². The number of carbonyl (C=O) groups is 1. The molecule has 0 saturated carbocycles. The number of aliphatic carboxylic acids is 1. The summed E-state index contributed by atoms with van der Waals surface area (Å²) in [5, 5.41) is 11.5. The second-order valence-corrected chi connectivity index (χ2v) is 2.82. The molecule has 0 aliphatic heterocycles. The lowest BCUT2D eigenvalue weighted by Crippen LogP contribution is -2.25. The summed E-state index contributed by atoms with van der Waals surface area (Å²) in [6, 6.07) is 0.757. The molecule has 0 unspecified atom stereocenters. The van der Waals surface area contributed by atoms with Crippen molar-refractivity contribution in [1.82, 2.24) is 9.97 Å². The number of nitrogens with one attached hydrogen (secondary N) is 1. The van der Waals surface area contributed by atoms with Gasteiger partial charge in [0.25, 0.3) is 0 Å². The van der Waals surface area contributed by atoms with Crippen LogP contribution < -0.4 is 5.32 Å². The van der Waals surface area contributed by atoms with Crippen LogP contribution in [0.25, 0.3) is 0 Å². The monoisotopic (exact) mass is 201 g/mol. The van der Waals surface area contributed by atoms with E-state index >= 15 is 0 Å². The fourth-order valence-corrected chi connectivity index (χ4v) is 0.843. The fourth-order valence-electron chi connectivity index (χ4n) is 0.696. The molecule has 0 radical (unpaired) electrons. The van der Waals surface area contributed by atoms with Crippen LogP contribution in [0, 0.1) is 0 Å². The zero-order valence-corrected chi connectivity index (χ0v) is 7.62. The first-order valence-electron chi connectivity index (χ1n) is 3.56. The maximum atomic E-state index is 10.4. The van der Waals surface area contributed by atoms with Gasteiger partial charge in [0.1, 0.15) is 23.3 Å². The molecular weight excluding hydrogens is 194 g/mol. The zero-order chi connectivity index (χ0) is 9.84.